The number of nitrogens with zero attached hydrogens (tertiary/aromatic N) is 1. The van der Waals surface area contributed by atoms with Crippen molar-refractivity contribution in [2.75, 3.05) is 51.0 Å². The van der Waals surface area contributed by atoms with E-state index in [1.54, 1.807) is 0 Å². The van der Waals surface area contributed by atoms with Crippen molar-refractivity contribution >= 4 is 17.4 Å². The smallest absolute Gasteiger partial charge is 0.223 e. The fraction of sp³-hybridized carbons (Fsp3) is 0.556. The number of hydrogen-bond donors (Lipinski definition) is 1. The van der Waals surface area contributed by atoms with Crippen molar-refractivity contribution in [1.82, 2.24) is 5.32 Å². The summed E-state index contributed by atoms with van der Waals surface area (Å²) in [6.45, 7) is 4.50. The molecule has 2 saturated heterocycles. The second-order valence-electron chi connectivity index (χ2n) is 6.17. The van der Waals surface area contributed by atoms with Crippen molar-refractivity contribution in [3.05, 3.63) is 29.8 Å². The number of nitrogens with one attached hydrogen (secondary N) is 1. The van der Waals surface area contributed by atoms with E-state index in [1.165, 1.54) is 0 Å². The highest BCUT2D eigenvalue weighted by Crippen LogP contribution is 2.17. The minimum atomic E-state index is -0.0658. The molecule has 1 aromatic carbocycles. The third kappa shape index (κ3) is 4.33. The van der Waals surface area contributed by atoms with Gasteiger partial charge in [0.05, 0.1) is 19.8 Å². The average molecular weight is 332 g/mol. The van der Waals surface area contributed by atoms with Gasteiger partial charge >= 0.3 is 0 Å². The van der Waals surface area contributed by atoms with E-state index in [-0.39, 0.29) is 24.2 Å². The molecule has 2 aliphatic heterocycles. The van der Waals surface area contributed by atoms with E-state index in [0.717, 1.165) is 44.8 Å². The number of ether oxygens (including phenoxy) is 2. The minimum Gasteiger partial charge on any atom is -0.381 e. The van der Waals surface area contributed by atoms with E-state index in [0.29, 0.717) is 18.8 Å². The Labute approximate surface area is 142 Å². The van der Waals surface area contributed by atoms with Crippen LogP contribution in [0.3, 0.4) is 0 Å². The Balaban J connectivity index is 1.50. The van der Waals surface area contributed by atoms with Crippen LogP contribution in [0.15, 0.2) is 24.3 Å². The largest absolute Gasteiger partial charge is 0.381 e. The zero-order valence-electron chi connectivity index (χ0n) is 13.8. The Morgan fingerprint density at radius 3 is 2.29 bits per heavy atom. The molecule has 2 heterocycles. The molecule has 1 aromatic rings. The summed E-state index contributed by atoms with van der Waals surface area (Å²) in [6, 6.07) is 7.57. The van der Waals surface area contributed by atoms with Crippen LogP contribution in [-0.4, -0.2) is 57.8 Å². The molecule has 1 N–H and O–H groups in total. The first-order valence-corrected chi connectivity index (χ1v) is 8.55. The van der Waals surface area contributed by atoms with E-state index >= 15 is 0 Å². The van der Waals surface area contributed by atoms with Crippen LogP contribution in [0.2, 0.25) is 0 Å². The molecule has 0 aliphatic carbocycles. The number of ketones is 1. The lowest BCUT2D eigenvalue weighted by atomic mass is 9.99. The maximum atomic E-state index is 12.2. The first-order valence-electron chi connectivity index (χ1n) is 8.55. The van der Waals surface area contributed by atoms with E-state index in [4.69, 9.17) is 9.47 Å². The molecule has 2 aliphatic rings. The molecule has 0 unspecified atom stereocenters. The highest BCUT2D eigenvalue weighted by Gasteiger charge is 2.22. The maximum absolute atomic E-state index is 12.2. The van der Waals surface area contributed by atoms with Gasteiger partial charge in [-0.15, -0.1) is 0 Å². The van der Waals surface area contributed by atoms with Crippen LogP contribution in [-0.2, 0) is 14.3 Å². The van der Waals surface area contributed by atoms with Gasteiger partial charge in [-0.3, -0.25) is 9.59 Å². The van der Waals surface area contributed by atoms with E-state index in [1.807, 2.05) is 24.3 Å². The molecule has 0 saturated carbocycles. The fourth-order valence-electron chi connectivity index (χ4n) is 3.05. The molecule has 24 heavy (non-hydrogen) atoms. The maximum Gasteiger partial charge on any atom is 0.223 e. The van der Waals surface area contributed by atoms with Crippen LogP contribution in [0.1, 0.15) is 23.2 Å². The molecule has 0 radical (unpaired) electrons. The molecule has 1 amide bonds. The number of rotatable bonds is 5. The van der Waals surface area contributed by atoms with Crippen LogP contribution in [0.4, 0.5) is 5.69 Å². The molecule has 0 atom stereocenters. The topological polar surface area (TPSA) is 67.9 Å². The van der Waals surface area contributed by atoms with Crippen LogP contribution in [0.5, 0.6) is 0 Å². The molecule has 6 heteroatoms. The third-order valence-corrected chi connectivity index (χ3v) is 4.58. The second kappa shape index (κ2) is 8.26. The molecule has 6 nitrogen and oxygen atoms in total. The first-order chi connectivity index (χ1) is 11.7. The predicted octanol–water partition coefficient (Wildman–Crippen LogP) is 1.25. The predicted molar refractivity (Wildman–Crippen MR) is 90.4 cm³/mol. The van der Waals surface area contributed by atoms with Gasteiger partial charge in [-0.05, 0) is 37.1 Å². The van der Waals surface area contributed by atoms with E-state index in [9.17, 15) is 9.59 Å². The number of morpholine rings is 1. The van der Waals surface area contributed by atoms with Crippen molar-refractivity contribution in [2.24, 2.45) is 5.92 Å². The van der Waals surface area contributed by atoms with Crippen molar-refractivity contribution < 1.29 is 19.1 Å². The molecule has 0 aromatic heterocycles. The summed E-state index contributed by atoms with van der Waals surface area (Å²) in [5, 5.41) is 2.76. The number of Topliss-reactive ketones (excluding diaryl/α,β-unsaturated/α-hetero) is 1. The van der Waals surface area contributed by atoms with E-state index < -0.39 is 0 Å². The minimum absolute atomic E-state index is 0.0322. The van der Waals surface area contributed by atoms with Crippen molar-refractivity contribution in [3.8, 4) is 0 Å². The van der Waals surface area contributed by atoms with Gasteiger partial charge in [0, 0.05) is 43.5 Å². The molecule has 0 spiro atoms. The average Bonchev–Trinajstić information content (AvgIpc) is 2.67. The van der Waals surface area contributed by atoms with Gasteiger partial charge in [-0.2, -0.15) is 0 Å². The third-order valence-electron chi connectivity index (χ3n) is 4.58. The summed E-state index contributed by atoms with van der Waals surface area (Å²) in [5.74, 6) is -0.143. The van der Waals surface area contributed by atoms with Gasteiger partial charge in [0.2, 0.25) is 5.91 Å². The lowest BCUT2D eigenvalue weighted by Crippen LogP contribution is -2.37. The van der Waals surface area contributed by atoms with Crippen LogP contribution >= 0.6 is 0 Å². The Morgan fingerprint density at radius 2 is 1.62 bits per heavy atom. The number of amides is 1. The van der Waals surface area contributed by atoms with Crippen molar-refractivity contribution in [1.29, 1.82) is 0 Å². The Bertz CT molecular complexity index is 561. The summed E-state index contributed by atoms with van der Waals surface area (Å²) in [7, 11) is 0. The number of hydrogen-bond acceptors (Lipinski definition) is 5. The number of carbonyl (C=O) groups is 2. The lowest BCUT2D eigenvalue weighted by Gasteiger charge is -2.28. The van der Waals surface area contributed by atoms with Crippen molar-refractivity contribution in [3.63, 3.8) is 0 Å². The molecule has 0 bridgehead atoms. The van der Waals surface area contributed by atoms with Crippen LogP contribution < -0.4 is 10.2 Å². The Morgan fingerprint density at radius 1 is 1.00 bits per heavy atom. The molecular formula is C18H24N2O4. The first kappa shape index (κ1) is 16.9. The highest BCUT2D eigenvalue weighted by atomic mass is 16.5. The molecule has 130 valence electrons. The molecular weight excluding hydrogens is 308 g/mol. The summed E-state index contributed by atoms with van der Waals surface area (Å²) < 4.78 is 10.6. The number of carbonyl (C=O) groups excluding carboxylic acids is 2. The fourth-order valence-corrected chi connectivity index (χ4v) is 3.05. The van der Waals surface area contributed by atoms with Crippen LogP contribution in [0.25, 0.3) is 0 Å². The van der Waals surface area contributed by atoms with Gasteiger partial charge in [-0.25, -0.2) is 0 Å². The lowest BCUT2D eigenvalue weighted by molar-refractivity contribution is -0.127. The highest BCUT2D eigenvalue weighted by molar-refractivity contribution is 5.99. The zero-order chi connectivity index (χ0) is 16.8. The van der Waals surface area contributed by atoms with Gasteiger partial charge in [0.25, 0.3) is 0 Å². The summed E-state index contributed by atoms with van der Waals surface area (Å²) >= 11 is 0. The van der Waals surface area contributed by atoms with Gasteiger partial charge in [0.1, 0.15) is 0 Å². The summed E-state index contributed by atoms with van der Waals surface area (Å²) in [4.78, 5) is 26.5. The second-order valence-corrected chi connectivity index (χ2v) is 6.17. The normalized spacial score (nSPS) is 19.1. The van der Waals surface area contributed by atoms with Crippen molar-refractivity contribution in [2.45, 2.75) is 12.8 Å². The standard InChI is InChI=1S/C18H24N2O4/c21-17(13-19-18(22)15-5-9-23-10-6-15)14-1-3-16(4-2-14)20-7-11-24-12-8-20/h1-4,15H,5-13H2,(H,19,22). The molecule has 3 rings (SSSR count). The number of anilines is 1. The number of benzene rings is 1. The van der Waals surface area contributed by atoms with Crippen LogP contribution in [0, 0.1) is 5.92 Å². The quantitative estimate of drug-likeness (QED) is 0.822. The Kier molecular flexibility index (Phi) is 5.82. The van der Waals surface area contributed by atoms with Gasteiger partial charge in [-0.1, -0.05) is 0 Å². The zero-order valence-corrected chi connectivity index (χ0v) is 13.8. The SMILES string of the molecule is O=C(CNC(=O)C1CCOCC1)c1ccc(N2CCOCC2)cc1. The van der Waals surface area contributed by atoms with Gasteiger partial charge in [0.15, 0.2) is 5.78 Å². The van der Waals surface area contributed by atoms with E-state index in [2.05, 4.69) is 10.2 Å². The Hall–Kier alpha value is -1.92. The summed E-state index contributed by atoms with van der Waals surface area (Å²) in [5.41, 5.74) is 1.72. The monoisotopic (exact) mass is 332 g/mol. The molecule has 2 fully saturated rings. The van der Waals surface area contributed by atoms with Gasteiger partial charge < -0.3 is 19.7 Å². The summed E-state index contributed by atoms with van der Waals surface area (Å²) in [6.07, 6.45) is 1.46.